The highest BCUT2D eigenvalue weighted by Crippen LogP contribution is 2.18. The van der Waals surface area contributed by atoms with E-state index in [0.717, 1.165) is 12.1 Å². The van der Waals surface area contributed by atoms with Crippen molar-refractivity contribution < 1.29 is 18.4 Å². The number of benzene rings is 2. The van der Waals surface area contributed by atoms with E-state index < -0.39 is 17.5 Å². The van der Waals surface area contributed by atoms with Gasteiger partial charge in [0.1, 0.15) is 29.5 Å². The van der Waals surface area contributed by atoms with E-state index in [1.807, 2.05) is 0 Å². The minimum absolute atomic E-state index is 0.0149. The lowest BCUT2D eigenvalue weighted by Gasteiger charge is -2.09. The van der Waals surface area contributed by atoms with E-state index in [-0.39, 0.29) is 17.2 Å². The molecule has 3 aromatic rings. The van der Waals surface area contributed by atoms with Gasteiger partial charge in [0.15, 0.2) is 5.78 Å². The number of amides is 1. The molecular formula is C19H14F2N4O2. The zero-order valence-electron chi connectivity index (χ0n) is 14.2. The van der Waals surface area contributed by atoms with Crippen molar-refractivity contribution in [3.05, 3.63) is 77.8 Å². The summed E-state index contributed by atoms with van der Waals surface area (Å²) < 4.78 is 26.6. The number of hydrogen-bond donors (Lipinski definition) is 2. The Labute approximate surface area is 153 Å². The minimum atomic E-state index is -0.892. The van der Waals surface area contributed by atoms with Gasteiger partial charge in [0.2, 0.25) is 0 Å². The quantitative estimate of drug-likeness (QED) is 0.666. The number of halogens is 2. The lowest BCUT2D eigenvalue weighted by Crippen LogP contribution is -2.15. The first kappa shape index (κ1) is 18.1. The van der Waals surface area contributed by atoms with E-state index in [9.17, 15) is 18.4 Å². The Morgan fingerprint density at radius 3 is 2.56 bits per heavy atom. The molecule has 27 heavy (non-hydrogen) atoms. The Morgan fingerprint density at radius 1 is 1.00 bits per heavy atom. The minimum Gasteiger partial charge on any atom is -0.340 e. The van der Waals surface area contributed by atoms with Crippen LogP contribution in [0, 0.1) is 11.6 Å². The van der Waals surface area contributed by atoms with Crippen LogP contribution in [0.25, 0.3) is 0 Å². The van der Waals surface area contributed by atoms with Gasteiger partial charge in [-0.2, -0.15) is 0 Å². The van der Waals surface area contributed by atoms with Gasteiger partial charge in [-0.05, 0) is 31.2 Å². The summed E-state index contributed by atoms with van der Waals surface area (Å²) in [7, 11) is 0. The highest BCUT2D eigenvalue weighted by atomic mass is 19.1. The Kier molecular flexibility index (Phi) is 5.16. The van der Waals surface area contributed by atoms with E-state index in [1.165, 1.54) is 19.3 Å². The van der Waals surface area contributed by atoms with Crippen molar-refractivity contribution in [2.45, 2.75) is 6.92 Å². The van der Waals surface area contributed by atoms with Gasteiger partial charge in [0.25, 0.3) is 5.91 Å². The third kappa shape index (κ3) is 4.49. The Morgan fingerprint density at radius 2 is 1.81 bits per heavy atom. The summed E-state index contributed by atoms with van der Waals surface area (Å²) in [5, 5.41) is 5.30. The number of aromatic nitrogens is 2. The number of nitrogens with zero attached hydrogens (tertiary/aromatic N) is 2. The molecule has 8 heteroatoms. The number of carbonyl (C=O) groups excluding carboxylic acids is 2. The molecule has 1 aromatic heterocycles. The largest absolute Gasteiger partial charge is 0.340 e. The van der Waals surface area contributed by atoms with Crippen molar-refractivity contribution in [1.29, 1.82) is 0 Å². The van der Waals surface area contributed by atoms with Crippen molar-refractivity contribution in [2.75, 3.05) is 10.6 Å². The van der Waals surface area contributed by atoms with Crippen molar-refractivity contribution in [1.82, 2.24) is 9.97 Å². The predicted octanol–water partition coefficient (Wildman–Crippen LogP) is 3.95. The van der Waals surface area contributed by atoms with Crippen LogP contribution < -0.4 is 10.6 Å². The highest BCUT2D eigenvalue weighted by Gasteiger charge is 2.12. The van der Waals surface area contributed by atoms with Gasteiger partial charge >= 0.3 is 0 Å². The maximum absolute atomic E-state index is 13.7. The zero-order valence-corrected chi connectivity index (χ0v) is 14.2. The summed E-state index contributed by atoms with van der Waals surface area (Å²) in [4.78, 5) is 31.6. The maximum Gasteiger partial charge on any atom is 0.274 e. The second-order valence-corrected chi connectivity index (χ2v) is 5.63. The van der Waals surface area contributed by atoms with Crippen LogP contribution in [-0.2, 0) is 0 Å². The smallest absolute Gasteiger partial charge is 0.274 e. The summed E-state index contributed by atoms with van der Waals surface area (Å²) in [5.74, 6) is -2.08. The lowest BCUT2D eigenvalue weighted by molar-refractivity contribution is 0.101. The molecule has 136 valence electrons. The van der Waals surface area contributed by atoms with E-state index >= 15 is 0 Å². The van der Waals surface area contributed by atoms with Crippen molar-refractivity contribution in [3.8, 4) is 0 Å². The van der Waals surface area contributed by atoms with Gasteiger partial charge in [0, 0.05) is 23.4 Å². The molecule has 0 atom stereocenters. The Bertz CT molecular complexity index is 1020. The second kappa shape index (κ2) is 7.69. The summed E-state index contributed by atoms with van der Waals surface area (Å²) in [6.45, 7) is 1.46. The van der Waals surface area contributed by atoms with E-state index in [2.05, 4.69) is 20.6 Å². The number of nitrogens with one attached hydrogen (secondary N) is 2. The highest BCUT2D eigenvalue weighted by molar-refractivity contribution is 6.03. The summed E-state index contributed by atoms with van der Waals surface area (Å²) in [6.07, 6.45) is 1.17. The second-order valence-electron chi connectivity index (χ2n) is 5.63. The molecule has 0 radical (unpaired) electrons. The fraction of sp³-hybridized carbons (Fsp3) is 0.0526. The molecular weight excluding hydrogens is 354 g/mol. The normalized spacial score (nSPS) is 10.3. The topological polar surface area (TPSA) is 84.0 Å². The van der Waals surface area contributed by atoms with Crippen LogP contribution in [0.15, 0.2) is 54.9 Å². The van der Waals surface area contributed by atoms with Gasteiger partial charge < -0.3 is 10.6 Å². The van der Waals surface area contributed by atoms with Gasteiger partial charge in [-0.15, -0.1) is 0 Å². The average molecular weight is 368 g/mol. The fourth-order valence-corrected chi connectivity index (χ4v) is 2.29. The van der Waals surface area contributed by atoms with Gasteiger partial charge in [-0.25, -0.2) is 18.7 Å². The summed E-state index contributed by atoms with van der Waals surface area (Å²) >= 11 is 0. The average Bonchev–Trinajstić information content (AvgIpc) is 2.64. The molecule has 6 nitrogen and oxygen atoms in total. The number of anilines is 3. The standard InChI is InChI=1S/C19H14F2N4O2/c1-11(26)12-3-2-4-14(7-12)24-18-9-17(22-10-23-18)19(27)25-16-6-5-13(20)8-15(16)21/h2-10H,1H3,(H,25,27)(H,22,23,24). The summed E-state index contributed by atoms with van der Waals surface area (Å²) in [5.41, 5.74) is 0.957. The lowest BCUT2D eigenvalue weighted by atomic mass is 10.1. The monoisotopic (exact) mass is 368 g/mol. The molecule has 2 N–H and O–H groups in total. The molecule has 0 spiro atoms. The molecule has 0 unspecified atom stereocenters. The SMILES string of the molecule is CC(=O)c1cccc(Nc2cc(C(=O)Nc3ccc(F)cc3F)ncn2)c1. The fourth-order valence-electron chi connectivity index (χ4n) is 2.29. The molecule has 1 heterocycles. The molecule has 3 rings (SSSR count). The Balaban J connectivity index is 1.77. The third-order valence-corrected chi connectivity index (χ3v) is 3.62. The van der Waals surface area contributed by atoms with Crippen molar-refractivity contribution in [3.63, 3.8) is 0 Å². The summed E-state index contributed by atoms with van der Waals surface area (Å²) in [6, 6.07) is 11.0. The Hall–Kier alpha value is -3.68. The van der Waals surface area contributed by atoms with E-state index in [0.29, 0.717) is 23.1 Å². The number of ketones is 1. The molecule has 0 bridgehead atoms. The van der Waals surface area contributed by atoms with Gasteiger partial charge in [0.05, 0.1) is 5.69 Å². The van der Waals surface area contributed by atoms with Crippen molar-refractivity contribution in [2.24, 2.45) is 0 Å². The van der Waals surface area contributed by atoms with Crippen LogP contribution in [0.3, 0.4) is 0 Å². The first-order valence-electron chi connectivity index (χ1n) is 7.89. The molecule has 2 aromatic carbocycles. The first-order valence-corrected chi connectivity index (χ1v) is 7.89. The molecule has 0 aliphatic carbocycles. The molecule has 0 saturated heterocycles. The van der Waals surface area contributed by atoms with Crippen LogP contribution in [-0.4, -0.2) is 21.7 Å². The van der Waals surface area contributed by atoms with E-state index in [1.54, 1.807) is 24.3 Å². The molecule has 0 aliphatic heterocycles. The van der Waals surface area contributed by atoms with Crippen LogP contribution in [0.2, 0.25) is 0 Å². The van der Waals surface area contributed by atoms with Crippen LogP contribution in [0.4, 0.5) is 26.0 Å². The van der Waals surface area contributed by atoms with Gasteiger partial charge in [-0.1, -0.05) is 12.1 Å². The first-order chi connectivity index (χ1) is 12.9. The molecule has 0 aliphatic rings. The number of carbonyl (C=O) groups is 2. The van der Waals surface area contributed by atoms with Gasteiger partial charge in [-0.3, -0.25) is 9.59 Å². The predicted molar refractivity (Wildman–Crippen MR) is 96.1 cm³/mol. The molecule has 0 saturated carbocycles. The number of hydrogen-bond acceptors (Lipinski definition) is 5. The van der Waals surface area contributed by atoms with E-state index in [4.69, 9.17) is 0 Å². The maximum atomic E-state index is 13.7. The number of rotatable bonds is 5. The van der Waals surface area contributed by atoms with Crippen LogP contribution in [0.1, 0.15) is 27.8 Å². The zero-order chi connectivity index (χ0) is 19.4. The molecule has 0 fully saturated rings. The third-order valence-electron chi connectivity index (χ3n) is 3.62. The van der Waals surface area contributed by atoms with Crippen LogP contribution in [0.5, 0.6) is 0 Å². The van der Waals surface area contributed by atoms with Crippen molar-refractivity contribution >= 4 is 28.9 Å². The van der Waals surface area contributed by atoms with Crippen LogP contribution >= 0.6 is 0 Å². The number of Topliss-reactive ketones (excluding diaryl/α,β-unsaturated/α-hetero) is 1. The molecule has 1 amide bonds.